The molecule has 1 aromatic carbocycles. The Labute approximate surface area is 126 Å². The number of benzene rings is 1. The van der Waals surface area contributed by atoms with Crippen molar-refractivity contribution in [3.05, 3.63) is 35.9 Å². The van der Waals surface area contributed by atoms with Crippen LogP contribution in [0.15, 0.2) is 30.3 Å². The smallest absolute Gasteiger partial charge is 0.147 e. The predicted molar refractivity (Wildman–Crippen MR) is 81.6 cm³/mol. The Kier molecular flexibility index (Phi) is 4.38. The van der Waals surface area contributed by atoms with E-state index in [4.69, 9.17) is 11.2 Å². The molecule has 0 N–H and O–H groups in total. The van der Waals surface area contributed by atoms with Crippen molar-refractivity contribution in [1.29, 1.82) is 0 Å². The molecule has 0 radical (unpaired) electrons. The molecule has 2 bridgehead atoms. The molecule has 110 valence electrons. The molecule has 3 nitrogen and oxygen atoms in total. The van der Waals surface area contributed by atoms with Gasteiger partial charge in [-0.3, -0.25) is 9.69 Å². The molecular formula is C18H21NO2. The van der Waals surface area contributed by atoms with Crippen LogP contribution in [0.5, 0.6) is 0 Å². The lowest BCUT2D eigenvalue weighted by atomic mass is 9.81. The third-order valence-corrected chi connectivity index (χ3v) is 4.61. The zero-order chi connectivity index (χ0) is 14.7. The third kappa shape index (κ3) is 3.18. The van der Waals surface area contributed by atoms with Gasteiger partial charge < -0.3 is 4.74 Å². The Bertz CT molecular complexity index is 520. The Hall–Kier alpha value is -1.63. The summed E-state index contributed by atoms with van der Waals surface area (Å²) < 4.78 is 5.70. The summed E-state index contributed by atoms with van der Waals surface area (Å²) in [6, 6.07) is 11.2. The number of Topliss-reactive ketones (excluding diaryl/α,β-unsaturated/α-hetero) is 1. The van der Waals surface area contributed by atoms with E-state index in [2.05, 4.69) is 35.1 Å². The molecule has 2 aliphatic heterocycles. The van der Waals surface area contributed by atoms with Gasteiger partial charge in [-0.05, 0) is 18.4 Å². The number of hydrogen-bond donors (Lipinski definition) is 0. The molecule has 0 spiro atoms. The average molecular weight is 283 g/mol. The number of piperidine rings is 1. The minimum Gasteiger partial charge on any atom is -0.378 e. The van der Waals surface area contributed by atoms with Gasteiger partial charge in [0, 0.05) is 24.5 Å². The van der Waals surface area contributed by atoms with E-state index >= 15 is 0 Å². The molecule has 0 aromatic heterocycles. The summed E-state index contributed by atoms with van der Waals surface area (Å²) >= 11 is 0. The highest BCUT2D eigenvalue weighted by molar-refractivity contribution is 5.83. The maximum atomic E-state index is 12.1. The van der Waals surface area contributed by atoms with Crippen molar-refractivity contribution in [3.8, 4) is 12.3 Å². The minimum atomic E-state index is 0.118. The van der Waals surface area contributed by atoms with E-state index in [-0.39, 0.29) is 18.1 Å². The van der Waals surface area contributed by atoms with Gasteiger partial charge in [0.25, 0.3) is 0 Å². The van der Waals surface area contributed by atoms with Crippen LogP contribution in [0, 0.1) is 18.3 Å². The number of hydrogen-bond acceptors (Lipinski definition) is 3. The summed E-state index contributed by atoms with van der Waals surface area (Å²) in [7, 11) is 0. The average Bonchev–Trinajstić information content (AvgIpc) is 2.48. The van der Waals surface area contributed by atoms with Gasteiger partial charge in [-0.25, -0.2) is 0 Å². The first kappa shape index (κ1) is 14.3. The van der Waals surface area contributed by atoms with Gasteiger partial charge in [-0.2, -0.15) is 0 Å². The van der Waals surface area contributed by atoms with Crippen LogP contribution < -0.4 is 0 Å². The Morgan fingerprint density at radius 1 is 1.24 bits per heavy atom. The number of ketones is 1. The SMILES string of the molecule is C#CCC(=O)C1CC2COCC(C1)N2Cc1ccccc1. The van der Waals surface area contributed by atoms with Crippen molar-refractivity contribution in [2.45, 2.75) is 37.9 Å². The lowest BCUT2D eigenvalue weighted by molar-refractivity contribution is -0.132. The Morgan fingerprint density at radius 2 is 1.90 bits per heavy atom. The van der Waals surface area contributed by atoms with Crippen LogP contribution >= 0.6 is 0 Å². The maximum Gasteiger partial charge on any atom is 0.147 e. The molecule has 0 amide bonds. The van der Waals surface area contributed by atoms with Crippen LogP contribution in [0.3, 0.4) is 0 Å². The summed E-state index contributed by atoms with van der Waals surface area (Å²) in [5.74, 6) is 2.84. The molecule has 2 saturated heterocycles. The third-order valence-electron chi connectivity index (χ3n) is 4.61. The fourth-order valence-corrected chi connectivity index (χ4v) is 3.55. The second-order valence-electron chi connectivity index (χ2n) is 6.02. The number of ether oxygens (including phenoxy) is 1. The van der Waals surface area contributed by atoms with Crippen molar-refractivity contribution >= 4 is 5.78 Å². The predicted octanol–water partition coefficient (Wildman–Crippen LogP) is 2.26. The van der Waals surface area contributed by atoms with Crippen LogP contribution in [-0.2, 0) is 16.1 Å². The quantitative estimate of drug-likeness (QED) is 0.794. The number of terminal acetylenes is 1. The highest BCUT2D eigenvalue weighted by atomic mass is 16.5. The number of nitrogens with zero attached hydrogens (tertiary/aromatic N) is 1. The van der Waals surface area contributed by atoms with Crippen LogP contribution in [0.25, 0.3) is 0 Å². The lowest BCUT2D eigenvalue weighted by Crippen LogP contribution is -2.57. The highest BCUT2D eigenvalue weighted by Gasteiger charge is 2.40. The van der Waals surface area contributed by atoms with Crippen molar-refractivity contribution < 1.29 is 9.53 Å². The molecule has 3 rings (SSSR count). The van der Waals surface area contributed by atoms with Crippen molar-refractivity contribution in [1.82, 2.24) is 4.90 Å². The molecule has 0 saturated carbocycles. The van der Waals surface area contributed by atoms with E-state index in [9.17, 15) is 4.79 Å². The second kappa shape index (κ2) is 6.43. The second-order valence-corrected chi connectivity index (χ2v) is 6.02. The fraction of sp³-hybridized carbons (Fsp3) is 0.500. The van der Waals surface area contributed by atoms with E-state index < -0.39 is 0 Å². The van der Waals surface area contributed by atoms with Crippen molar-refractivity contribution in [2.75, 3.05) is 13.2 Å². The van der Waals surface area contributed by atoms with Crippen LogP contribution in [0.4, 0.5) is 0 Å². The van der Waals surface area contributed by atoms with Crippen molar-refractivity contribution in [2.24, 2.45) is 5.92 Å². The number of rotatable bonds is 4. The molecule has 1 aromatic rings. The highest BCUT2D eigenvalue weighted by Crippen LogP contribution is 2.33. The van der Waals surface area contributed by atoms with E-state index in [1.807, 2.05) is 6.07 Å². The van der Waals surface area contributed by atoms with Gasteiger partial charge in [-0.1, -0.05) is 36.3 Å². The van der Waals surface area contributed by atoms with Crippen molar-refractivity contribution in [3.63, 3.8) is 0 Å². The van der Waals surface area contributed by atoms with Crippen LogP contribution in [0.2, 0.25) is 0 Å². The number of carbonyl (C=O) groups is 1. The van der Waals surface area contributed by atoms with Gasteiger partial charge in [0.1, 0.15) is 5.78 Å². The molecule has 0 aliphatic carbocycles. The summed E-state index contributed by atoms with van der Waals surface area (Å²) in [6.07, 6.45) is 7.30. The van der Waals surface area contributed by atoms with E-state index in [0.717, 1.165) is 32.6 Å². The monoisotopic (exact) mass is 283 g/mol. The number of carbonyl (C=O) groups excluding carboxylic acids is 1. The molecular weight excluding hydrogens is 262 g/mol. The molecule has 2 aliphatic rings. The zero-order valence-corrected chi connectivity index (χ0v) is 12.2. The standard InChI is InChI=1S/C18H21NO2/c1-2-6-18(20)15-9-16-12-21-13-17(10-15)19(16)11-14-7-4-3-5-8-14/h1,3-5,7-8,15-17H,6,9-13H2. The molecule has 3 heteroatoms. The molecule has 2 fully saturated rings. The molecule has 21 heavy (non-hydrogen) atoms. The van der Waals surface area contributed by atoms with E-state index in [1.165, 1.54) is 5.56 Å². The van der Waals surface area contributed by atoms with Gasteiger partial charge in [-0.15, -0.1) is 6.42 Å². The minimum absolute atomic E-state index is 0.118. The van der Waals surface area contributed by atoms with Gasteiger partial charge in [0.05, 0.1) is 19.6 Å². The fourth-order valence-electron chi connectivity index (χ4n) is 3.55. The number of fused-ring (bicyclic) bond motifs is 2. The summed E-state index contributed by atoms with van der Waals surface area (Å²) in [5.41, 5.74) is 1.32. The topological polar surface area (TPSA) is 29.5 Å². The number of morpholine rings is 1. The summed E-state index contributed by atoms with van der Waals surface area (Å²) in [6.45, 7) is 2.39. The Morgan fingerprint density at radius 3 is 2.52 bits per heavy atom. The first-order chi connectivity index (χ1) is 10.3. The molecule has 2 atom stereocenters. The first-order valence-corrected chi connectivity index (χ1v) is 7.61. The van der Waals surface area contributed by atoms with Crippen LogP contribution in [-0.4, -0.2) is 36.0 Å². The maximum absolute atomic E-state index is 12.1. The van der Waals surface area contributed by atoms with Gasteiger partial charge >= 0.3 is 0 Å². The first-order valence-electron chi connectivity index (χ1n) is 7.61. The summed E-state index contributed by atoms with van der Waals surface area (Å²) in [4.78, 5) is 14.6. The van der Waals surface area contributed by atoms with E-state index in [1.54, 1.807) is 0 Å². The van der Waals surface area contributed by atoms with Crippen LogP contribution in [0.1, 0.15) is 24.8 Å². The molecule has 2 unspecified atom stereocenters. The van der Waals surface area contributed by atoms with Gasteiger partial charge in [0.15, 0.2) is 0 Å². The summed E-state index contributed by atoms with van der Waals surface area (Å²) in [5, 5.41) is 0. The van der Waals surface area contributed by atoms with Gasteiger partial charge in [0.2, 0.25) is 0 Å². The Balaban J connectivity index is 1.70. The molecule has 2 heterocycles. The normalized spacial score (nSPS) is 28.8. The van der Waals surface area contributed by atoms with E-state index in [0.29, 0.717) is 12.1 Å². The zero-order valence-electron chi connectivity index (χ0n) is 12.2. The lowest BCUT2D eigenvalue weighted by Gasteiger charge is -2.48. The largest absolute Gasteiger partial charge is 0.378 e.